The summed E-state index contributed by atoms with van der Waals surface area (Å²) in [6.07, 6.45) is 0. The topological polar surface area (TPSA) is 74.6 Å². The van der Waals surface area contributed by atoms with E-state index >= 15 is 0 Å². The SMILES string of the molecule is OCc1cc(OCCNCl)cc(CO)n1. The van der Waals surface area contributed by atoms with Crippen LogP contribution in [0.2, 0.25) is 0 Å². The Bertz CT molecular complexity index is 287. The Morgan fingerprint density at radius 1 is 1.27 bits per heavy atom. The van der Waals surface area contributed by atoms with Crippen LogP contribution in [0.3, 0.4) is 0 Å². The number of nitrogens with zero attached hydrogens (tertiary/aromatic N) is 1. The highest BCUT2D eigenvalue weighted by Crippen LogP contribution is 2.14. The minimum absolute atomic E-state index is 0.183. The number of halogens is 1. The van der Waals surface area contributed by atoms with Gasteiger partial charge in [0.25, 0.3) is 0 Å². The van der Waals surface area contributed by atoms with E-state index in [0.29, 0.717) is 30.3 Å². The van der Waals surface area contributed by atoms with Gasteiger partial charge in [-0.2, -0.15) is 0 Å². The van der Waals surface area contributed by atoms with Crippen LogP contribution in [0, 0.1) is 0 Å². The predicted octanol–water partition coefficient (Wildman–Crippen LogP) is 0.188. The van der Waals surface area contributed by atoms with Gasteiger partial charge < -0.3 is 14.9 Å². The molecule has 1 aromatic heterocycles. The van der Waals surface area contributed by atoms with E-state index in [4.69, 9.17) is 26.7 Å². The van der Waals surface area contributed by atoms with E-state index in [-0.39, 0.29) is 13.2 Å². The highest BCUT2D eigenvalue weighted by molar-refractivity contribution is 6.13. The Morgan fingerprint density at radius 3 is 2.33 bits per heavy atom. The highest BCUT2D eigenvalue weighted by Gasteiger charge is 2.02. The zero-order valence-electron chi connectivity index (χ0n) is 8.11. The van der Waals surface area contributed by atoms with Crippen molar-refractivity contribution in [1.29, 1.82) is 0 Å². The first kappa shape index (κ1) is 12.2. The molecule has 1 rings (SSSR count). The van der Waals surface area contributed by atoms with Crippen molar-refractivity contribution in [2.75, 3.05) is 13.2 Å². The van der Waals surface area contributed by atoms with Gasteiger partial charge in [0, 0.05) is 18.7 Å². The molecule has 0 bridgehead atoms. The largest absolute Gasteiger partial charge is 0.492 e. The van der Waals surface area contributed by atoms with Gasteiger partial charge in [-0.1, -0.05) is 0 Å². The maximum Gasteiger partial charge on any atom is 0.123 e. The van der Waals surface area contributed by atoms with Crippen molar-refractivity contribution in [3.05, 3.63) is 23.5 Å². The van der Waals surface area contributed by atoms with Gasteiger partial charge in [-0.3, -0.25) is 4.98 Å². The second-order valence-corrected chi connectivity index (χ2v) is 3.10. The van der Waals surface area contributed by atoms with Crippen LogP contribution in [0.1, 0.15) is 11.4 Å². The summed E-state index contributed by atoms with van der Waals surface area (Å²) < 4.78 is 5.32. The van der Waals surface area contributed by atoms with Gasteiger partial charge in [-0.15, -0.1) is 0 Å². The average Bonchev–Trinajstić information content (AvgIpc) is 2.29. The summed E-state index contributed by atoms with van der Waals surface area (Å²) in [5, 5.41) is 17.8. The van der Waals surface area contributed by atoms with E-state index in [9.17, 15) is 0 Å². The molecule has 0 aliphatic carbocycles. The number of ether oxygens (including phenoxy) is 1. The molecule has 1 heterocycles. The van der Waals surface area contributed by atoms with Crippen LogP contribution >= 0.6 is 11.8 Å². The fourth-order valence-electron chi connectivity index (χ4n) is 1.07. The van der Waals surface area contributed by atoms with Gasteiger partial charge >= 0.3 is 0 Å². The summed E-state index contributed by atoms with van der Waals surface area (Å²) in [6, 6.07) is 3.24. The standard InChI is InChI=1S/C9H13ClN2O3/c10-11-1-2-15-9-3-7(5-13)12-8(4-9)6-14/h3-4,11,13-14H,1-2,5-6H2. The van der Waals surface area contributed by atoms with Gasteiger partial charge in [-0.05, 0) is 11.8 Å². The fourth-order valence-corrected chi connectivity index (χ4v) is 1.15. The fraction of sp³-hybridized carbons (Fsp3) is 0.444. The van der Waals surface area contributed by atoms with E-state index in [1.807, 2.05) is 0 Å². The molecule has 0 spiro atoms. The lowest BCUT2D eigenvalue weighted by atomic mass is 10.3. The zero-order chi connectivity index (χ0) is 11.1. The molecular weight excluding hydrogens is 220 g/mol. The quantitative estimate of drug-likeness (QED) is 0.482. The smallest absolute Gasteiger partial charge is 0.123 e. The third kappa shape index (κ3) is 4.01. The predicted molar refractivity (Wildman–Crippen MR) is 55.4 cm³/mol. The third-order valence-electron chi connectivity index (χ3n) is 1.69. The lowest BCUT2D eigenvalue weighted by molar-refractivity contribution is 0.261. The molecule has 0 amide bonds. The Morgan fingerprint density at radius 2 is 1.87 bits per heavy atom. The van der Waals surface area contributed by atoms with Gasteiger partial charge in [0.15, 0.2) is 0 Å². The van der Waals surface area contributed by atoms with Crippen molar-refractivity contribution in [1.82, 2.24) is 9.82 Å². The van der Waals surface area contributed by atoms with E-state index in [0.717, 1.165) is 0 Å². The first-order valence-electron chi connectivity index (χ1n) is 4.48. The van der Waals surface area contributed by atoms with Crippen molar-refractivity contribution in [3.63, 3.8) is 0 Å². The Kier molecular flexibility index (Phi) is 5.34. The first-order chi connectivity index (χ1) is 7.30. The monoisotopic (exact) mass is 232 g/mol. The maximum atomic E-state index is 8.92. The molecule has 6 heteroatoms. The van der Waals surface area contributed by atoms with Crippen molar-refractivity contribution < 1.29 is 14.9 Å². The molecule has 0 fully saturated rings. The minimum atomic E-state index is -0.183. The molecule has 0 radical (unpaired) electrons. The molecular formula is C9H13ClN2O3. The second-order valence-electron chi connectivity index (χ2n) is 2.83. The average molecular weight is 233 g/mol. The molecule has 0 aliphatic heterocycles. The summed E-state index contributed by atoms with van der Waals surface area (Å²) in [5.41, 5.74) is 0.936. The third-order valence-corrected chi connectivity index (χ3v) is 1.88. The van der Waals surface area contributed by atoms with Crippen molar-refractivity contribution >= 4 is 11.8 Å². The molecule has 84 valence electrons. The van der Waals surface area contributed by atoms with Gasteiger partial charge in [0.05, 0.1) is 24.6 Å². The molecule has 0 aliphatic rings. The maximum absolute atomic E-state index is 8.92. The van der Waals surface area contributed by atoms with Crippen molar-refractivity contribution in [2.24, 2.45) is 0 Å². The summed E-state index contributed by atoms with van der Waals surface area (Å²) in [4.78, 5) is 6.40. The van der Waals surface area contributed by atoms with Gasteiger partial charge in [0.2, 0.25) is 0 Å². The van der Waals surface area contributed by atoms with Crippen molar-refractivity contribution in [3.8, 4) is 5.75 Å². The van der Waals surface area contributed by atoms with E-state index in [1.54, 1.807) is 12.1 Å². The first-order valence-corrected chi connectivity index (χ1v) is 4.85. The zero-order valence-corrected chi connectivity index (χ0v) is 8.87. The van der Waals surface area contributed by atoms with Gasteiger partial charge in [-0.25, -0.2) is 4.84 Å². The Balaban J connectivity index is 2.68. The molecule has 3 N–H and O–H groups in total. The molecule has 0 saturated carbocycles. The van der Waals surface area contributed by atoms with Crippen molar-refractivity contribution in [2.45, 2.75) is 13.2 Å². The number of aromatic nitrogens is 1. The molecule has 0 unspecified atom stereocenters. The van der Waals surface area contributed by atoms with Crippen LogP contribution in [0.25, 0.3) is 0 Å². The number of aliphatic hydroxyl groups excluding tert-OH is 2. The second kappa shape index (κ2) is 6.58. The van der Waals surface area contributed by atoms with E-state index in [2.05, 4.69) is 9.82 Å². The van der Waals surface area contributed by atoms with Crippen LogP contribution in [-0.4, -0.2) is 28.3 Å². The summed E-state index contributed by atoms with van der Waals surface area (Å²) in [5.74, 6) is 0.560. The minimum Gasteiger partial charge on any atom is -0.492 e. The number of hydrogen-bond donors (Lipinski definition) is 3. The van der Waals surface area contributed by atoms with Crippen LogP contribution in [0.5, 0.6) is 5.75 Å². The molecule has 15 heavy (non-hydrogen) atoms. The van der Waals surface area contributed by atoms with Crippen LogP contribution in [-0.2, 0) is 13.2 Å². The molecule has 0 atom stereocenters. The number of nitrogens with one attached hydrogen (secondary N) is 1. The van der Waals surface area contributed by atoms with E-state index in [1.165, 1.54) is 0 Å². The number of aliphatic hydroxyl groups is 2. The van der Waals surface area contributed by atoms with Crippen LogP contribution < -0.4 is 9.57 Å². The number of rotatable bonds is 6. The van der Waals surface area contributed by atoms with Crippen LogP contribution in [0.4, 0.5) is 0 Å². The summed E-state index contributed by atoms with van der Waals surface area (Å²) in [6.45, 7) is 0.548. The molecule has 1 aromatic rings. The Labute approximate surface area is 92.8 Å². The lowest BCUT2D eigenvalue weighted by Gasteiger charge is -2.08. The van der Waals surface area contributed by atoms with Crippen LogP contribution in [0.15, 0.2) is 12.1 Å². The molecule has 5 nitrogen and oxygen atoms in total. The molecule has 0 aromatic carbocycles. The molecule has 0 saturated heterocycles. The number of pyridine rings is 1. The summed E-state index contributed by atoms with van der Waals surface area (Å²) >= 11 is 5.26. The Hall–Kier alpha value is -0.880. The van der Waals surface area contributed by atoms with Gasteiger partial charge in [0.1, 0.15) is 12.4 Å². The lowest BCUT2D eigenvalue weighted by Crippen LogP contribution is -2.12. The highest BCUT2D eigenvalue weighted by atomic mass is 35.5. The number of hydrogen-bond acceptors (Lipinski definition) is 5. The normalized spacial score (nSPS) is 10.3. The van der Waals surface area contributed by atoms with E-state index < -0.39 is 0 Å². The summed E-state index contributed by atoms with van der Waals surface area (Å²) in [7, 11) is 0.